The molecule has 1 aliphatic heterocycles. The van der Waals surface area contributed by atoms with Gasteiger partial charge in [-0.15, -0.1) is 0 Å². The van der Waals surface area contributed by atoms with E-state index in [1.807, 2.05) is 12.1 Å². The summed E-state index contributed by atoms with van der Waals surface area (Å²) in [5.74, 6) is -0.101. The number of amides is 1. The lowest BCUT2D eigenvalue weighted by Crippen LogP contribution is -2.25. The number of nitrogens with one attached hydrogen (secondary N) is 1. The van der Waals surface area contributed by atoms with Gasteiger partial charge in [-0.25, -0.2) is 0 Å². The Morgan fingerprint density at radius 3 is 2.76 bits per heavy atom. The van der Waals surface area contributed by atoms with Gasteiger partial charge in [0.25, 0.3) is 5.91 Å². The first-order valence-electron chi connectivity index (χ1n) is 7.10. The fraction of sp³-hybridized carbons (Fsp3) is 0.235. The number of nitrogen functional groups attached to an aromatic ring is 1. The van der Waals surface area contributed by atoms with Crippen LogP contribution in [0.2, 0.25) is 0 Å². The number of nitrogens with two attached hydrogens (primary N) is 1. The van der Waals surface area contributed by atoms with Crippen LogP contribution in [0.3, 0.4) is 0 Å². The molecule has 1 heterocycles. The smallest absolute Gasteiger partial charge is 0.251 e. The van der Waals surface area contributed by atoms with E-state index in [1.165, 1.54) is 11.3 Å². The molecule has 108 valence electrons. The van der Waals surface area contributed by atoms with E-state index in [9.17, 15) is 4.79 Å². The second-order valence-corrected chi connectivity index (χ2v) is 5.40. The molecular weight excluding hydrogens is 262 g/mol. The third kappa shape index (κ3) is 2.23. The maximum absolute atomic E-state index is 11.8. The number of hydrogen-bond donors (Lipinski definition) is 2. The van der Waals surface area contributed by atoms with Gasteiger partial charge in [-0.1, -0.05) is 18.2 Å². The highest BCUT2D eigenvalue weighted by Gasteiger charge is 2.28. The Morgan fingerprint density at radius 2 is 2.00 bits per heavy atom. The first-order chi connectivity index (χ1) is 10.1. The largest absolute Gasteiger partial charge is 0.397 e. The zero-order valence-electron chi connectivity index (χ0n) is 12.3. The molecular formula is C17H19N3O. The van der Waals surface area contributed by atoms with E-state index >= 15 is 0 Å². The number of carbonyl (C=O) groups is 1. The number of anilines is 3. The number of benzene rings is 2. The highest BCUT2D eigenvalue weighted by molar-refractivity contribution is 5.96. The molecule has 0 bridgehead atoms. The van der Waals surface area contributed by atoms with Crippen molar-refractivity contribution in [3.8, 4) is 0 Å². The number of nitrogens with zero attached hydrogens (tertiary/aromatic N) is 1. The summed E-state index contributed by atoms with van der Waals surface area (Å²) in [5.41, 5.74) is 10.8. The molecule has 1 unspecified atom stereocenters. The average Bonchev–Trinajstić information content (AvgIpc) is 2.83. The Hall–Kier alpha value is -2.49. The van der Waals surface area contributed by atoms with Crippen LogP contribution in [0.4, 0.5) is 17.1 Å². The van der Waals surface area contributed by atoms with Crippen molar-refractivity contribution >= 4 is 23.0 Å². The van der Waals surface area contributed by atoms with Crippen LogP contribution in [0.5, 0.6) is 0 Å². The van der Waals surface area contributed by atoms with E-state index in [1.54, 1.807) is 19.2 Å². The zero-order valence-corrected chi connectivity index (χ0v) is 12.3. The van der Waals surface area contributed by atoms with Crippen LogP contribution in [0.25, 0.3) is 0 Å². The summed E-state index contributed by atoms with van der Waals surface area (Å²) in [6.07, 6.45) is 0.986. The predicted octanol–water partition coefficient (Wildman–Crippen LogP) is 2.71. The van der Waals surface area contributed by atoms with Crippen LogP contribution in [-0.2, 0) is 6.42 Å². The Balaban J connectivity index is 2.10. The molecule has 2 aromatic carbocycles. The molecule has 4 heteroatoms. The van der Waals surface area contributed by atoms with E-state index in [4.69, 9.17) is 5.73 Å². The maximum atomic E-state index is 11.8. The van der Waals surface area contributed by atoms with Gasteiger partial charge in [-0.05, 0) is 43.2 Å². The summed E-state index contributed by atoms with van der Waals surface area (Å²) in [6.45, 7) is 2.17. The van der Waals surface area contributed by atoms with Gasteiger partial charge in [0.2, 0.25) is 0 Å². The molecule has 4 nitrogen and oxygen atoms in total. The van der Waals surface area contributed by atoms with E-state index in [-0.39, 0.29) is 5.91 Å². The second-order valence-electron chi connectivity index (χ2n) is 5.40. The Morgan fingerprint density at radius 1 is 1.24 bits per heavy atom. The van der Waals surface area contributed by atoms with Gasteiger partial charge < -0.3 is 16.0 Å². The number of fused-ring (bicyclic) bond motifs is 1. The Labute approximate surface area is 124 Å². The molecule has 1 aliphatic rings. The third-order valence-electron chi connectivity index (χ3n) is 3.99. The van der Waals surface area contributed by atoms with Gasteiger partial charge in [0.05, 0.1) is 11.4 Å². The van der Waals surface area contributed by atoms with Crippen molar-refractivity contribution in [2.45, 2.75) is 19.4 Å². The molecule has 0 aliphatic carbocycles. The van der Waals surface area contributed by atoms with E-state index < -0.39 is 0 Å². The summed E-state index contributed by atoms with van der Waals surface area (Å²) in [6, 6.07) is 14.1. The first-order valence-corrected chi connectivity index (χ1v) is 7.10. The molecule has 1 atom stereocenters. The van der Waals surface area contributed by atoms with Crippen molar-refractivity contribution < 1.29 is 4.79 Å². The molecule has 0 radical (unpaired) electrons. The van der Waals surface area contributed by atoms with E-state index in [2.05, 4.69) is 35.3 Å². The minimum atomic E-state index is -0.101. The van der Waals surface area contributed by atoms with Gasteiger partial charge in [-0.2, -0.15) is 0 Å². The van der Waals surface area contributed by atoms with Gasteiger partial charge in [0.15, 0.2) is 0 Å². The SMILES string of the molecule is CNC(=O)c1ccc(N)c(N2c3ccccc3CC2C)c1. The second kappa shape index (κ2) is 5.13. The van der Waals surface area contributed by atoms with Crippen molar-refractivity contribution in [1.82, 2.24) is 5.32 Å². The van der Waals surface area contributed by atoms with E-state index in [0.717, 1.165) is 12.1 Å². The van der Waals surface area contributed by atoms with Crippen molar-refractivity contribution in [1.29, 1.82) is 0 Å². The fourth-order valence-corrected chi connectivity index (χ4v) is 2.97. The summed E-state index contributed by atoms with van der Waals surface area (Å²) >= 11 is 0. The third-order valence-corrected chi connectivity index (χ3v) is 3.99. The summed E-state index contributed by atoms with van der Waals surface area (Å²) in [5, 5.41) is 2.65. The zero-order chi connectivity index (χ0) is 15.0. The van der Waals surface area contributed by atoms with Crippen molar-refractivity contribution in [3.05, 3.63) is 53.6 Å². The Kier molecular flexibility index (Phi) is 3.29. The van der Waals surface area contributed by atoms with Gasteiger partial charge in [0, 0.05) is 24.3 Å². The molecule has 0 aromatic heterocycles. The number of rotatable bonds is 2. The van der Waals surface area contributed by atoms with Crippen molar-refractivity contribution in [3.63, 3.8) is 0 Å². The lowest BCUT2D eigenvalue weighted by atomic mass is 10.1. The molecule has 0 saturated heterocycles. The Bertz CT molecular complexity index is 696. The molecule has 3 rings (SSSR count). The standard InChI is InChI=1S/C17H19N3O/c1-11-9-12-5-3-4-6-15(12)20(11)16-10-13(17(21)19-2)7-8-14(16)18/h3-8,10-11H,9,18H2,1-2H3,(H,19,21). The van der Waals surface area contributed by atoms with Crippen LogP contribution in [-0.4, -0.2) is 19.0 Å². The summed E-state index contributed by atoms with van der Waals surface area (Å²) in [4.78, 5) is 14.1. The lowest BCUT2D eigenvalue weighted by Gasteiger charge is -2.27. The molecule has 2 aromatic rings. The monoisotopic (exact) mass is 281 g/mol. The molecule has 21 heavy (non-hydrogen) atoms. The topological polar surface area (TPSA) is 58.4 Å². The molecule has 0 saturated carbocycles. The molecule has 1 amide bonds. The number of carbonyl (C=O) groups excluding carboxylic acids is 1. The van der Waals surface area contributed by atoms with Crippen LogP contribution >= 0.6 is 0 Å². The minimum absolute atomic E-state index is 0.101. The van der Waals surface area contributed by atoms with Crippen LogP contribution < -0.4 is 16.0 Å². The highest BCUT2D eigenvalue weighted by atomic mass is 16.1. The molecule has 3 N–H and O–H groups in total. The first kappa shape index (κ1) is 13.5. The van der Waals surface area contributed by atoms with Crippen LogP contribution in [0, 0.1) is 0 Å². The lowest BCUT2D eigenvalue weighted by molar-refractivity contribution is 0.0963. The quantitative estimate of drug-likeness (QED) is 0.832. The van der Waals surface area contributed by atoms with Gasteiger partial charge >= 0.3 is 0 Å². The minimum Gasteiger partial charge on any atom is -0.397 e. The molecule has 0 fully saturated rings. The van der Waals surface area contributed by atoms with Crippen molar-refractivity contribution in [2.24, 2.45) is 0 Å². The summed E-state index contributed by atoms with van der Waals surface area (Å²) < 4.78 is 0. The maximum Gasteiger partial charge on any atom is 0.251 e. The summed E-state index contributed by atoms with van der Waals surface area (Å²) in [7, 11) is 1.63. The van der Waals surface area contributed by atoms with Crippen molar-refractivity contribution in [2.75, 3.05) is 17.7 Å². The van der Waals surface area contributed by atoms with Gasteiger partial charge in [-0.3, -0.25) is 4.79 Å². The fourth-order valence-electron chi connectivity index (χ4n) is 2.97. The van der Waals surface area contributed by atoms with Crippen LogP contribution in [0.1, 0.15) is 22.8 Å². The normalized spacial score (nSPS) is 16.7. The number of para-hydroxylation sites is 1. The van der Waals surface area contributed by atoms with Gasteiger partial charge in [0.1, 0.15) is 0 Å². The average molecular weight is 281 g/mol. The van der Waals surface area contributed by atoms with E-state index in [0.29, 0.717) is 17.3 Å². The predicted molar refractivity (Wildman–Crippen MR) is 86.0 cm³/mol. The number of hydrogen-bond acceptors (Lipinski definition) is 3. The van der Waals surface area contributed by atoms with Crippen LogP contribution in [0.15, 0.2) is 42.5 Å². The molecule has 0 spiro atoms. The highest BCUT2D eigenvalue weighted by Crippen LogP contribution is 2.40.